The molecule has 12 heteroatoms. The van der Waals surface area contributed by atoms with E-state index >= 15 is 0 Å². The zero-order chi connectivity index (χ0) is 22.2. The molecule has 3 amide bonds. The van der Waals surface area contributed by atoms with Gasteiger partial charge in [-0.25, -0.2) is 4.79 Å². The summed E-state index contributed by atoms with van der Waals surface area (Å²) in [6.07, 6.45) is 0. The maximum Gasteiger partial charge on any atom is 0.342 e. The Hall–Kier alpha value is -4.53. The molecule has 12 nitrogen and oxygen atoms in total. The fourth-order valence-corrected chi connectivity index (χ4v) is 2.93. The largest absolute Gasteiger partial charge is 0.465 e. The number of furan rings is 1. The molecule has 152 valence electrons. The first kappa shape index (κ1) is 20.2. The van der Waals surface area contributed by atoms with E-state index in [-0.39, 0.29) is 39.6 Å². The Bertz CT molecular complexity index is 1170. The van der Waals surface area contributed by atoms with Gasteiger partial charge in [0.05, 0.1) is 23.2 Å². The lowest BCUT2D eigenvalue weighted by atomic mass is 10.1. The summed E-state index contributed by atoms with van der Waals surface area (Å²) < 4.78 is 9.80. The number of nitrogens with one attached hydrogen (secondary N) is 1. The molecule has 0 atom stereocenters. The van der Waals surface area contributed by atoms with Crippen LogP contribution in [0.1, 0.15) is 42.4 Å². The molecule has 1 aliphatic rings. The second-order valence-electron chi connectivity index (χ2n) is 6.07. The molecular weight excluding hydrogens is 400 g/mol. The van der Waals surface area contributed by atoms with Crippen molar-refractivity contribution in [3.05, 3.63) is 56.3 Å². The third-order valence-electron chi connectivity index (χ3n) is 4.31. The summed E-state index contributed by atoms with van der Waals surface area (Å²) in [6, 6.07) is 4.90. The van der Waals surface area contributed by atoms with Gasteiger partial charge in [0, 0.05) is 12.1 Å². The van der Waals surface area contributed by atoms with Crippen molar-refractivity contribution >= 4 is 35.3 Å². The molecule has 0 saturated carbocycles. The molecule has 3 rings (SSSR count). The van der Waals surface area contributed by atoms with Crippen LogP contribution in [0.5, 0.6) is 0 Å². The van der Waals surface area contributed by atoms with E-state index in [1.54, 1.807) is 6.07 Å². The molecule has 1 aromatic carbocycles. The highest BCUT2D eigenvalue weighted by molar-refractivity contribution is 6.23. The second kappa shape index (κ2) is 7.47. The normalized spacial score (nSPS) is 12.4. The quantitative estimate of drug-likeness (QED) is 0.329. The number of amides is 3. The average molecular weight is 412 g/mol. The van der Waals surface area contributed by atoms with Gasteiger partial charge in [-0.2, -0.15) is 5.26 Å². The standard InChI is InChI=1S/C18H12N4O8/c1-8-14(18(26)29-2)12(6-19)15(30-8)20-13(23)7-21-16(24)10-4-3-9(22(27)28)5-11(10)17(21)25/h3-5H,7H2,1-2H3,(H,20,23). The number of carbonyl (C=O) groups excluding carboxylic acids is 4. The number of esters is 1. The third kappa shape index (κ3) is 3.24. The molecule has 2 aromatic rings. The van der Waals surface area contributed by atoms with Gasteiger partial charge in [0.15, 0.2) is 0 Å². The number of hydrogen-bond donors (Lipinski definition) is 1. The molecule has 1 aromatic heterocycles. The van der Waals surface area contributed by atoms with Crippen LogP contribution in [0.25, 0.3) is 0 Å². The summed E-state index contributed by atoms with van der Waals surface area (Å²) in [7, 11) is 1.11. The summed E-state index contributed by atoms with van der Waals surface area (Å²) in [4.78, 5) is 59.8. The van der Waals surface area contributed by atoms with Gasteiger partial charge in [-0.05, 0) is 13.0 Å². The van der Waals surface area contributed by atoms with E-state index in [1.165, 1.54) is 6.92 Å². The van der Waals surface area contributed by atoms with Gasteiger partial charge in [0.2, 0.25) is 11.8 Å². The maximum absolute atomic E-state index is 12.4. The van der Waals surface area contributed by atoms with Crippen LogP contribution in [-0.2, 0) is 9.53 Å². The van der Waals surface area contributed by atoms with Gasteiger partial charge in [-0.3, -0.25) is 34.7 Å². The van der Waals surface area contributed by atoms with Crippen LogP contribution in [-0.4, -0.2) is 47.2 Å². The highest BCUT2D eigenvalue weighted by atomic mass is 16.6. The predicted octanol–water partition coefficient (Wildman–Crippen LogP) is 1.39. The molecule has 0 fully saturated rings. The first-order chi connectivity index (χ1) is 14.2. The summed E-state index contributed by atoms with van der Waals surface area (Å²) in [6.45, 7) is 0.651. The van der Waals surface area contributed by atoms with Crippen molar-refractivity contribution in [2.24, 2.45) is 0 Å². The number of ether oxygens (including phenoxy) is 1. The topological polar surface area (TPSA) is 173 Å². The van der Waals surface area contributed by atoms with Gasteiger partial charge in [0.25, 0.3) is 17.5 Å². The molecular formula is C18H12N4O8. The van der Waals surface area contributed by atoms with Crippen molar-refractivity contribution in [1.29, 1.82) is 5.26 Å². The summed E-state index contributed by atoms with van der Waals surface area (Å²) in [5.41, 5.74) is -1.07. The Labute approximate surface area is 167 Å². The van der Waals surface area contributed by atoms with Crippen molar-refractivity contribution in [3.8, 4) is 6.07 Å². The Balaban J connectivity index is 1.82. The van der Waals surface area contributed by atoms with Crippen LogP contribution in [0.3, 0.4) is 0 Å². The molecule has 1 N–H and O–H groups in total. The Morgan fingerprint density at radius 2 is 1.97 bits per heavy atom. The molecule has 0 aliphatic carbocycles. The zero-order valence-electron chi connectivity index (χ0n) is 15.5. The minimum atomic E-state index is -0.888. The number of carbonyl (C=O) groups is 4. The van der Waals surface area contributed by atoms with Gasteiger partial charge in [0.1, 0.15) is 29.5 Å². The molecule has 1 aliphatic heterocycles. The highest BCUT2D eigenvalue weighted by Crippen LogP contribution is 2.28. The SMILES string of the molecule is COC(=O)c1c(C)oc(NC(=O)CN2C(=O)c3ccc([N+](=O)[O-])cc3C2=O)c1C#N. The van der Waals surface area contributed by atoms with E-state index in [4.69, 9.17) is 4.42 Å². The van der Waals surface area contributed by atoms with Gasteiger partial charge >= 0.3 is 5.97 Å². The van der Waals surface area contributed by atoms with Crippen LogP contribution in [0.2, 0.25) is 0 Å². The number of non-ortho nitro benzene ring substituents is 1. The number of anilines is 1. The van der Waals surface area contributed by atoms with E-state index < -0.39 is 35.2 Å². The van der Waals surface area contributed by atoms with Gasteiger partial charge in [-0.15, -0.1) is 0 Å². The number of nitro groups is 1. The smallest absolute Gasteiger partial charge is 0.342 e. The van der Waals surface area contributed by atoms with Crippen LogP contribution >= 0.6 is 0 Å². The molecule has 0 bridgehead atoms. The van der Waals surface area contributed by atoms with Crippen LogP contribution in [0, 0.1) is 28.4 Å². The van der Waals surface area contributed by atoms with Crippen LogP contribution in [0.4, 0.5) is 11.6 Å². The molecule has 2 heterocycles. The number of benzene rings is 1. The first-order valence-electron chi connectivity index (χ1n) is 8.25. The van der Waals surface area contributed by atoms with Gasteiger partial charge < -0.3 is 9.15 Å². The third-order valence-corrected chi connectivity index (χ3v) is 4.31. The fraction of sp³-hybridized carbons (Fsp3) is 0.167. The van der Waals surface area contributed by atoms with Crippen molar-refractivity contribution in [1.82, 2.24) is 4.90 Å². The van der Waals surface area contributed by atoms with Crippen molar-refractivity contribution in [2.45, 2.75) is 6.92 Å². The lowest BCUT2D eigenvalue weighted by molar-refractivity contribution is -0.384. The summed E-state index contributed by atoms with van der Waals surface area (Å²) in [5, 5.41) is 22.4. The van der Waals surface area contributed by atoms with Gasteiger partial charge in [-0.1, -0.05) is 0 Å². The number of fused-ring (bicyclic) bond motifs is 1. The Morgan fingerprint density at radius 3 is 2.57 bits per heavy atom. The molecule has 30 heavy (non-hydrogen) atoms. The van der Waals surface area contributed by atoms with Crippen LogP contribution < -0.4 is 5.32 Å². The number of nitriles is 1. The van der Waals surface area contributed by atoms with Crippen molar-refractivity contribution in [3.63, 3.8) is 0 Å². The van der Waals surface area contributed by atoms with E-state index in [0.717, 1.165) is 25.3 Å². The van der Waals surface area contributed by atoms with E-state index in [2.05, 4.69) is 10.1 Å². The molecule has 0 unspecified atom stereocenters. The van der Waals surface area contributed by atoms with E-state index in [1.807, 2.05) is 0 Å². The maximum atomic E-state index is 12.4. The summed E-state index contributed by atoms with van der Waals surface area (Å²) in [5.74, 6) is -3.71. The minimum Gasteiger partial charge on any atom is -0.465 e. The van der Waals surface area contributed by atoms with Crippen LogP contribution in [0.15, 0.2) is 22.6 Å². The predicted molar refractivity (Wildman–Crippen MR) is 96.6 cm³/mol. The Morgan fingerprint density at radius 1 is 1.30 bits per heavy atom. The number of rotatable bonds is 5. The fourth-order valence-electron chi connectivity index (χ4n) is 2.93. The van der Waals surface area contributed by atoms with Crippen molar-refractivity contribution in [2.75, 3.05) is 19.0 Å². The number of imide groups is 1. The highest BCUT2D eigenvalue weighted by Gasteiger charge is 2.38. The first-order valence-corrected chi connectivity index (χ1v) is 8.25. The Kier molecular flexibility index (Phi) is 5.03. The lowest BCUT2D eigenvalue weighted by Gasteiger charge is -2.12. The zero-order valence-corrected chi connectivity index (χ0v) is 15.5. The number of hydrogen-bond acceptors (Lipinski definition) is 9. The number of nitro benzene ring substituents is 1. The number of aryl methyl sites for hydroxylation is 1. The average Bonchev–Trinajstić information content (AvgIpc) is 3.15. The van der Waals surface area contributed by atoms with E-state index in [9.17, 15) is 34.6 Å². The number of methoxy groups -OCH3 is 1. The molecule has 0 spiro atoms. The lowest BCUT2D eigenvalue weighted by Crippen LogP contribution is -2.37. The van der Waals surface area contributed by atoms with E-state index in [0.29, 0.717) is 4.90 Å². The number of nitrogens with zero attached hydrogens (tertiary/aromatic N) is 3. The monoisotopic (exact) mass is 412 g/mol. The minimum absolute atomic E-state index is 0.0294. The molecule has 0 radical (unpaired) electrons. The molecule has 0 saturated heterocycles. The second-order valence-corrected chi connectivity index (χ2v) is 6.07. The van der Waals surface area contributed by atoms with Crippen molar-refractivity contribution < 1.29 is 33.3 Å². The summed E-state index contributed by atoms with van der Waals surface area (Å²) >= 11 is 0.